The smallest absolute Gasteiger partial charge is 0.319 e. The number of carbonyl (C=O) groups excluding carboxylic acids is 3. The molecule has 1 unspecified atom stereocenters. The monoisotopic (exact) mass is 827 g/mol. The molecule has 0 heterocycles. The number of hydrogen-bond acceptors (Lipinski definition) is 6. The van der Waals surface area contributed by atoms with Gasteiger partial charge in [0.25, 0.3) is 11.8 Å². The minimum absolute atomic E-state index is 0.0701. The maximum atomic E-state index is 13.2. The van der Waals surface area contributed by atoms with E-state index in [2.05, 4.69) is 52.3 Å². The Labute approximate surface area is 362 Å². The fraction of sp³-hybridized carbons (Fsp3) is 0.580. The molecule has 5 N–H and O–H groups in total. The highest BCUT2D eigenvalue weighted by molar-refractivity contribution is 6.04. The van der Waals surface area contributed by atoms with Crippen molar-refractivity contribution in [3.8, 4) is 11.5 Å². The SMILES string of the molecule is CCCCCCCCCCCCCCCCC(CCN(CC)CC)Nc1ccc(C(=O)Nc2ccc(Oc3ccc(NC(=O)NC(CC)CC)cc3C(=O)NC)cc2)cc1. The Morgan fingerprint density at radius 3 is 1.68 bits per heavy atom. The quantitative estimate of drug-likeness (QED) is 0.0412. The van der Waals surface area contributed by atoms with Crippen molar-refractivity contribution in [1.29, 1.82) is 0 Å². The van der Waals surface area contributed by atoms with Crippen LogP contribution in [0, 0.1) is 0 Å². The molecule has 3 aromatic rings. The minimum atomic E-state index is -0.348. The molecule has 0 spiro atoms. The normalized spacial score (nSPS) is 11.7. The molecule has 0 radical (unpaired) electrons. The highest BCUT2D eigenvalue weighted by Gasteiger charge is 2.17. The Balaban J connectivity index is 1.49. The van der Waals surface area contributed by atoms with Gasteiger partial charge in [-0.3, -0.25) is 9.59 Å². The van der Waals surface area contributed by atoms with Gasteiger partial charge in [0.2, 0.25) is 0 Å². The zero-order valence-corrected chi connectivity index (χ0v) is 37.9. The molecule has 0 saturated heterocycles. The number of hydrogen-bond donors (Lipinski definition) is 5. The number of anilines is 3. The van der Waals surface area contributed by atoms with E-state index in [9.17, 15) is 14.4 Å². The molecule has 3 rings (SSSR count). The van der Waals surface area contributed by atoms with Crippen LogP contribution >= 0.6 is 0 Å². The fourth-order valence-corrected chi connectivity index (χ4v) is 7.50. The van der Waals surface area contributed by atoms with E-state index in [1.807, 2.05) is 38.1 Å². The molecule has 0 aliphatic carbocycles. The molecule has 0 aliphatic rings. The summed E-state index contributed by atoms with van der Waals surface area (Å²) < 4.78 is 6.08. The maximum Gasteiger partial charge on any atom is 0.319 e. The Hall–Kier alpha value is -4.57. The fourth-order valence-electron chi connectivity index (χ4n) is 7.50. The first-order valence-corrected chi connectivity index (χ1v) is 23.3. The highest BCUT2D eigenvalue weighted by atomic mass is 16.5. The lowest BCUT2D eigenvalue weighted by Crippen LogP contribution is -2.37. The van der Waals surface area contributed by atoms with E-state index >= 15 is 0 Å². The van der Waals surface area contributed by atoms with Gasteiger partial charge >= 0.3 is 6.03 Å². The molecule has 0 bridgehead atoms. The molecule has 0 saturated carbocycles. The number of rotatable bonds is 31. The summed E-state index contributed by atoms with van der Waals surface area (Å²) in [6.07, 6.45) is 23.0. The van der Waals surface area contributed by atoms with Crippen LogP contribution in [0.25, 0.3) is 0 Å². The molecule has 3 aromatic carbocycles. The predicted molar refractivity (Wildman–Crippen MR) is 252 cm³/mol. The lowest BCUT2D eigenvalue weighted by atomic mass is 10.0. The summed E-state index contributed by atoms with van der Waals surface area (Å²) in [6.45, 7) is 14.0. The average Bonchev–Trinajstić information content (AvgIpc) is 3.26. The van der Waals surface area contributed by atoms with Crippen molar-refractivity contribution in [2.75, 3.05) is 42.6 Å². The van der Waals surface area contributed by atoms with Crippen LogP contribution in [-0.4, -0.2) is 61.5 Å². The van der Waals surface area contributed by atoms with Crippen LogP contribution in [-0.2, 0) is 0 Å². The Morgan fingerprint density at radius 2 is 1.13 bits per heavy atom. The molecule has 10 nitrogen and oxygen atoms in total. The van der Waals surface area contributed by atoms with Crippen LogP contribution < -0.4 is 31.3 Å². The first-order valence-electron chi connectivity index (χ1n) is 23.3. The van der Waals surface area contributed by atoms with Gasteiger partial charge in [0, 0.05) is 48.3 Å². The van der Waals surface area contributed by atoms with Crippen LogP contribution in [0.1, 0.15) is 171 Å². The third-order valence-electron chi connectivity index (χ3n) is 11.5. The lowest BCUT2D eigenvalue weighted by Gasteiger charge is -2.24. The van der Waals surface area contributed by atoms with Crippen molar-refractivity contribution in [3.05, 3.63) is 77.9 Å². The van der Waals surface area contributed by atoms with Crippen LogP contribution in [0.2, 0.25) is 0 Å². The predicted octanol–water partition coefficient (Wildman–Crippen LogP) is 12.8. The molecule has 0 aliphatic heterocycles. The number of amides is 4. The van der Waals surface area contributed by atoms with Gasteiger partial charge in [-0.25, -0.2) is 4.79 Å². The molecule has 60 heavy (non-hydrogen) atoms. The van der Waals surface area contributed by atoms with Crippen LogP contribution in [0.3, 0.4) is 0 Å². The number of carbonyl (C=O) groups is 3. The van der Waals surface area contributed by atoms with Crippen molar-refractivity contribution < 1.29 is 19.1 Å². The Morgan fingerprint density at radius 1 is 0.583 bits per heavy atom. The van der Waals surface area contributed by atoms with Crippen molar-refractivity contribution in [1.82, 2.24) is 15.5 Å². The second kappa shape index (κ2) is 29.6. The van der Waals surface area contributed by atoms with E-state index in [-0.39, 0.29) is 29.5 Å². The molecule has 1 atom stereocenters. The van der Waals surface area contributed by atoms with Gasteiger partial charge in [0.1, 0.15) is 11.5 Å². The number of unbranched alkanes of at least 4 members (excludes halogenated alkanes) is 13. The Kier molecular flexibility index (Phi) is 24.6. The summed E-state index contributed by atoms with van der Waals surface area (Å²) in [5.74, 6) is 0.277. The van der Waals surface area contributed by atoms with Gasteiger partial charge in [-0.2, -0.15) is 0 Å². The summed E-state index contributed by atoms with van der Waals surface area (Å²) in [6, 6.07) is 19.8. The van der Waals surface area contributed by atoms with E-state index in [0.717, 1.165) is 51.0 Å². The average molecular weight is 827 g/mol. The second-order valence-electron chi connectivity index (χ2n) is 16.1. The molecule has 0 aromatic heterocycles. The zero-order chi connectivity index (χ0) is 43.4. The molecule has 10 heteroatoms. The summed E-state index contributed by atoms with van der Waals surface area (Å²) in [5.41, 5.74) is 2.98. The Bertz CT molecular complexity index is 1640. The van der Waals surface area contributed by atoms with E-state index < -0.39 is 0 Å². The minimum Gasteiger partial charge on any atom is -0.457 e. The number of nitrogens with zero attached hydrogens (tertiary/aromatic N) is 1. The molecule has 332 valence electrons. The summed E-state index contributed by atoms with van der Waals surface area (Å²) in [4.78, 5) is 41.0. The standard InChI is InChI=1S/C50H78N6O4/c1-7-12-13-14-15-16-17-18-19-20-21-22-23-24-25-41(36-37-56(10-4)11-5)52-42-28-26-39(27-29-42)48(57)53-43-30-33-45(34-31-43)60-47-35-32-44(38-46(47)49(58)51-6)55-50(59)54-40(8-2)9-3/h26-35,38,40-41,52H,7-25,36-37H2,1-6H3,(H,51,58)(H,53,57)(H2,54,55,59). The number of urea groups is 1. The first kappa shape index (κ1) is 49.8. The van der Waals surface area contributed by atoms with E-state index in [4.69, 9.17) is 4.74 Å². The van der Waals surface area contributed by atoms with E-state index in [1.165, 1.54) is 89.9 Å². The van der Waals surface area contributed by atoms with Gasteiger partial charge in [-0.15, -0.1) is 0 Å². The molecule has 4 amide bonds. The third kappa shape index (κ3) is 19.2. The zero-order valence-electron chi connectivity index (χ0n) is 37.9. The summed E-state index contributed by atoms with van der Waals surface area (Å²) in [7, 11) is 1.54. The van der Waals surface area contributed by atoms with Crippen LogP contribution in [0.5, 0.6) is 11.5 Å². The molecular weight excluding hydrogens is 749 g/mol. The van der Waals surface area contributed by atoms with Crippen molar-refractivity contribution in [2.24, 2.45) is 0 Å². The van der Waals surface area contributed by atoms with Crippen LogP contribution in [0.4, 0.5) is 21.9 Å². The summed E-state index contributed by atoms with van der Waals surface area (Å²) in [5, 5.41) is 15.1. The van der Waals surface area contributed by atoms with Crippen molar-refractivity contribution in [3.63, 3.8) is 0 Å². The van der Waals surface area contributed by atoms with Crippen molar-refractivity contribution >= 4 is 34.9 Å². The number of ether oxygens (including phenoxy) is 1. The van der Waals surface area contributed by atoms with Gasteiger partial charge in [-0.1, -0.05) is 125 Å². The topological polar surface area (TPSA) is 124 Å². The third-order valence-corrected chi connectivity index (χ3v) is 11.5. The second-order valence-corrected chi connectivity index (χ2v) is 16.1. The largest absolute Gasteiger partial charge is 0.457 e. The van der Waals surface area contributed by atoms with E-state index in [1.54, 1.807) is 49.5 Å². The number of nitrogens with one attached hydrogen (secondary N) is 5. The molecular formula is C50H78N6O4. The molecule has 0 fully saturated rings. The number of benzene rings is 3. The van der Waals surface area contributed by atoms with Gasteiger partial charge in [-0.05, 0) is 106 Å². The van der Waals surface area contributed by atoms with Crippen LogP contribution in [0.15, 0.2) is 66.7 Å². The first-order chi connectivity index (χ1) is 29.2. The van der Waals surface area contributed by atoms with Crippen molar-refractivity contribution in [2.45, 2.75) is 162 Å². The van der Waals surface area contributed by atoms with Gasteiger partial charge < -0.3 is 36.2 Å². The van der Waals surface area contributed by atoms with Gasteiger partial charge in [0.05, 0.1) is 5.56 Å². The van der Waals surface area contributed by atoms with Gasteiger partial charge in [0.15, 0.2) is 0 Å². The highest BCUT2D eigenvalue weighted by Crippen LogP contribution is 2.29. The van der Waals surface area contributed by atoms with E-state index in [0.29, 0.717) is 34.5 Å². The summed E-state index contributed by atoms with van der Waals surface area (Å²) >= 11 is 0. The maximum absolute atomic E-state index is 13.2. The lowest BCUT2D eigenvalue weighted by molar-refractivity contribution is 0.0959.